The molecule has 1 heterocycles. The molecule has 0 aliphatic rings. The molecule has 0 saturated carbocycles. The number of rotatable bonds is 6. The highest BCUT2D eigenvalue weighted by atomic mass is 16.7. The fourth-order valence-electron chi connectivity index (χ4n) is 2.31. The lowest BCUT2D eigenvalue weighted by atomic mass is 9.79. The maximum absolute atomic E-state index is 11.9. The second kappa shape index (κ2) is 5.75. The Hall–Kier alpha value is -1.69. The van der Waals surface area contributed by atoms with Crippen LogP contribution < -0.4 is 4.84 Å². The van der Waals surface area contributed by atoms with Gasteiger partial charge in [0.1, 0.15) is 0 Å². The van der Waals surface area contributed by atoms with Gasteiger partial charge in [-0.05, 0) is 25.7 Å². The first-order valence-corrected chi connectivity index (χ1v) is 6.42. The van der Waals surface area contributed by atoms with Crippen LogP contribution in [-0.2, 0) is 9.53 Å². The van der Waals surface area contributed by atoms with Crippen LogP contribution in [0.2, 0.25) is 0 Å². The van der Waals surface area contributed by atoms with E-state index in [9.17, 15) is 15.0 Å². The first-order chi connectivity index (χ1) is 9.06. The minimum Gasteiger partial charge on any atom is -0.492 e. The van der Waals surface area contributed by atoms with E-state index in [0.29, 0.717) is 11.2 Å². The molecule has 0 unspecified atom stereocenters. The Kier molecular flexibility index (Phi) is 4.70. The molecule has 1 aromatic rings. The summed E-state index contributed by atoms with van der Waals surface area (Å²) in [5.74, 6) is -1.19. The average molecular weight is 285 g/mol. The summed E-state index contributed by atoms with van der Waals surface area (Å²) in [5.41, 5.74) is -0.684. The molecule has 2 N–H and O–H groups in total. The van der Waals surface area contributed by atoms with Crippen LogP contribution in [0.5, 0.6) is 11.8 Å². The van der Waals surface area contributed by atoms with Crippen molar-refractivity contribution in [2.24, 2.45) is 5.41 Å². The normalized spacial score (nSPS) is 12.4. The molecule has 0 fully saturated rings. The van der Waals surface area contributed by atoms with Crippen molar-refractivity contribution in [3.63, 3.8) is 0 Å². The maximum atomic E-state index is 11.9. The number of aromatic hydroxyl groups is 2. The van der Waals surface area contributed by atoms with E-state index < -0.39 is 5.97 Å². The van der Waals surface area contributed by atoms with E-state index in [-0.39, 0.29) is 29.2 Å². The van der Waals surface area contributed by atoms with Gasteiger partial charge in [-0.3, -0.25) is 0 Å². The predicted molar refractivity (Wildman–Crippen MR) is 73.5 cm³/mol. The largest absolute Gasteiger partial charge is 0.492 e. The summed E-state index contributed by atoms with van der Waals surface area (Å²) in [5, 5.41) is 18.8. The zero-order chi connectivity index (χ0) is 15.6. The van der Waals surface area contributed by atoms with Gasteiger partial charge < -0.3 is 19.8 Å². The third-order valence-electron chi connectivity index (χ3n) is 3.07. The van der Waals surface area contributed by atoms with Crippen molar-refractivity contribution in [2.45, 2.75) is 46.1 Å². The SMILES string of the molecule is COC(C)(C)CC(C)(C)CC(=O)On1c(O)ccc1O. The lowest BCUT2D eigenvalue weighted by Gasteiger charge is -2.33. The van der Waals surface area contributed by atoms with Gasteiger partial charge in [-0.2, -0.15) is 0 Å². The van der Waals surface area contributed by atoms with Gasteiger partial charge in [0.05, 0.1) is 12.0 Å². The van der Waals surface area contributed by atoms with Gasteiger partial charge in [-0.15, -0.1) is 4.73 Å². The molecule has 0 radical (unpaired) electrons. The standard InChI is InChI=1S/C14H23NO5/c1-13(2,9-14(3,4)19-5)8-12(18)20-15-10(16)6-7-11(15)17/h6-7,16-17H,8-9H2,1-5H3. The average Bonchev–Trinajstić information content (AvgIpc) is 2.58. The number of hydrogen-bond acceptors (Lipinski definition) is 5. The van der Waals surface area contributed by atoms with Crippen molar-refractivity contribution in [1.29, 1.82) is 0 Å². The molecule has 1 aromatic heterocycles. The molecule has 6 heteroatoms. The van der Waals surface area contributed by atoms with E-state index >= 15 is 0 Å². The van der Waals surface area contributed by atoms with Crippen LogP contribution in [0, 0.1) is 5.41 Å². The molecule has 1 rings (SSSR count). The monoisotopic (exact) mass is 285 g/mol. The Labute approximate surface area is 118 Å². The molecule has 0 spiro atoms. The van der Waals surface area contributed by atoms with E-state index in [1.807, 2.05) is 27.7 Å². The van der Waals surface area contributed by atoms with E-state index in [1.165, 1.54) is 12.1 Å². The smallest absolute Gasteiger partial charge is 0.333 e. The number of hydrogen-bond donors (Lipinski definition) is 2. The number of ether oxygens (including phenoxy) is 1. The number of carbonyl (C=O) groups is 1. The molecular formula is C14H23NO5. The molecule has 0 atom stereocenters. The molecule has 0 amide bonds. The Bertz CT molecular complexity index is 456. The number of methoxy groups -OCH3 is 1. The van der Waals surface area contributed by atoms with Crippen LogP contribution in [0.15, 0.2) is 12.1 Å². The lowest BCUT2D eigenvalue weighted by Crippen LogP contribution is -2.33. The van der Waals surface area contributed by atoms with E-state index in [2.05, 4.69) is 0 Å². The summed E-state index contributed by atoms with van der Waals surface area (Å²) in [4.78, 5) is 16.8. The highest BCUT2D eigenvalue weighted by Crippen LogP contribution is 2.33. The zero-order valence-corrected chi connectivity index (χ0v) is 12.6. The van der Waals surface area contributed by atoms with Gasteiger partial charge in [0.15, 0.2) is 0 Å². The fourth-order valence-corrected chi connectivity index (χ4v) is 2.31. The first-order valence-electron chi connectivity index (χ1n) is 6.42. The van der Waals surface area contributed by atoms with E-state index in [0.717, 1.165) is 0 Å². The Balaban J connectivity index is 2.66. The number of carbonyl (C=O) groups excluding carboxylic acids is 1. The quantitative estimate of drug-likeness (QED) is 0.836. The lowest BCUT2D eigenvalue weighted by molar-refractivity contribution is -0.148. The molecule has 0 aliphatic heterocycles. The van der Waals surface area contributed by atoms with Crippen molar-refractivity contribution in [2.75, 3.05) is 7.11 Å². The molecule has 6 nitrogen and oxygen atoms in total. The number of aromatic nitrogens is 1. The van der Waals surface area contributed by atoms with Crippen LogP contribution in [-0.4, -0.2) is 33.6 Å². The Morgan fingerprint density at radius 3 is 2.15 bits per heavy atom. The van der Waals surface area contributed by atoms with Crippen molar-refractivity contribution in [3.8, 4) is 11.8 Å². The minimum absolute atomic E-state index is 0.136. The van der Waals surface area contributed by atoms with Gasteiger partial charge >= 0.3 is 5.97 Å². The summed E-state index contributed by atoms with van der Waals surface area (Å²) in [6.07, 6.45) is 0.798. The number of nitrogens with zero attached hydrogens (tertiary/aromatic N) is 1. The van der Waals surface area contributed by atoms with E-state index in [4.69, 9.17) is 9.57 Å². The van der Waals surface area contributed by atoms with E-state index in [1.54, 1.807) is 7.11 Å². The van der Waals surface area contributed by atoms with Gasteiger partial charge in [0.25, 0.3) is 0 Å². The highest BCUT2D eigenvalue weighted by molar-refractivity contribution is 5.70. The summed E-state index contributed by atoms with van der Waals surface area (Å²) in [6.45, 7) is 7.77. The third-order valence-corrected chi connectivity index (χ3v) is 3.07. The molecule has 0 saturated heterocycles. The van der Waals surface area contributed by atoms with Gasteiger partial charge in [-0.1, -0.05) is 13.8 Å². The highest BCUT2D eigenvalue weighted by Gasteiger charge is 2.31. The van der Waals surface area contributed by atoms with Crippen LogP contribution in [0.3, 0.4) is 0 Å². The minimum atomic E-state index is -0.538. The van der Waals surface area contributed by atoms with Crippen molar-refractivity contribution < 1.29 is 24.6 Å². The topological polar surface area (TPSA) is 80.9 Å². The zero-order valence-electron chi connectivity index (χ0n) is 12.6. The summed E-state index contributed by atoms with van der Waals surface area (Å²) < 4.78 is 6.06. The molecule has 0 aliphatic carbocycles. The Morgan fingerprint density at radius 2 is 1.70 bits per heavy atom. The molecule has 0 bridgehead atoms. The molecule has 20 heavy (non-hydrogen) atoms. The third kappa shape index (κ3) is 4.45. The summed E-state index contributed by atoms with van der Waals surface area (Å²) in [6, 6.07) is 2.48. The maximum Gasteiger partial charge on any atom is 0.333 e. The van der Waals surface area contributed by atoms with Gasteiger partial charge in [0.2, 0.25) is 11.8 Å². The molecule has 114 valence electrons. The predicted octanol–water partition coefficient (Wildman–Crippen LogP) is 2.09. The van der Waals surface area contributed by atoms with Crippen molar-refractivity contribution in [1.82, 2.24) is 4.73 Å². The van der Waals surface area contributed by atoms with Crippen LogP contribution in [0.1, 0.15) is 40.5 Å². The van der Waals surface area contributed by atoms with Crippen molar-refractivity contribution >= 4 is 5.97 Å². The van der Waals surface area contributed by atoms with Crippen molar-refractivity contribution in [3.05, 3.63) is 12.1 Å². The first kappa shape index (κ1) is 16.4. The van der Waals surface area contributed by atoms with Gasteiger partial charge in [-0.25, -0.2) is 4.79 Å². The van der Waals surface area contributed by atoms with Crippen LogP contribution >= 0.6 is 0 Å². The summed E-state index contributed by atoms with van der Waals surface area (Å²) in [7, 11) is 1.63. The second-order valence-electron chi connectivity index (χ2n) is 6.29. The van der Waals surface area contributed by atoms with Crippen LogP contribution in [0.25, 0.3) is 0 Å². The second-order valence-corrected chi connectivity index (χ2v) is 6.29. The Morgan fingerprint density at radius 1 is 1.20 bits per heavy atom. The fraction of sp³-hybridized carbons (Fsp3) is 0.643. The molecular weight excluding hydrogens is 262 g/mol. The molecule has 0 aromatic carbocycles. The van der Waals surface area contributed by atoms with Crippen LogP contribution in [0.4, 0.5) is 0 Å². The summed E-state index contributed by atoms with van der Waals surface area (Å²) >= 11 is 0. The van der Waals surface area contributed by atoms with Gasteiger partial charge in [0, 0.05) is 19.2 Å².